The fourth-order valence-electron chi connectivity index (χ4n) is 2.92. The van der Waals surface area contributed by atoms with Crippen LogP contribution in [-0.2, 0) is 7.05 Å². The number of nitrogens with zero attached hydrogens (tertiary/aromatic N) is 2. The third-order valence-corrected chi connectivity index (χ3v) is 5.46. The van der Waals surface area contributed by atoms with Crippen LogP contribution in [0.25, 0.3) is 10.2 Å². The maximum Gasteiger partial charge on any atom is 0.279 e. The van der Waals surface area contributed by atoms with Gasteiger partial charge in [0.05, 0.1) is 16.8 Å². The van der Waals surface area contributed by atoms with Crippen LogP contribution in [-0.4, -0.2) is 17.1 Å². The van der Waals surface area contributed by atoms with Gasteiger partial charge in [0.25, 0.3) is 5.91 Å². The lowest BCUT2D eigenvalue weighted by atomic mass is 10.2. The normalized spacial score (nSPS) is 11.6. The first kappa shape index (κ1) is 19.0. The van der Waals surface area contributed by atoms with Crippen molar-refractivity contribution in [1.82, 2.24) is 4.57 Å². The van der Waals surface area contributed by atoms with Gasteiger partial charge >= 0.3 is 0 Å². The van der Waals surface area contributed by atoms with Crippen LogP contribution in [0.5, 0.6) is 17.2 Å². The van der Waals surface area contributed by atoms with Gasteiger partial charge in [-0.2, -0.15) is 4.99 Å². The maximum atomic E-state index is 12.6. The Labute approximate surface area is 172 Å². The third-order valence-electron chi connectivity index (χ3n) is 4.37. The predicted molar refractivity (Wildman–Crippen MR) is 115 cm³/mol. The average Bonchev–Trinajstić information content (AvgIpc) is 3.04. The van der Waals surface area contributed by atoms with Gasteiger partial charge in [-0.3, -0.25) is 4.79 Å². The van der Waals surface area contributed by atoms with E-state index in [1.54, 1.807) is 24.3 Å². The van der Waals surface area contributed by atoms with E-state index in [-0.39, 0.29) is 5.91 Å². The zero-order chi connectivity index (χ0) is 20.2. The Balaban J connectivity index is 1.58. The van der Waals surface area contributed by atoms with Crippen molar-refractivity contribution in [3.05, 3.63) is 83.2 Å². The molecule has 0 aliphatic carbocycles. The molecule has 1 heterocycles. The van der Waals surface area contributed by atoms with E-state index in [0.717, 1.165) is 21.7 Å². The summed E-state index contributed by atoms with van der Waals surface area (Å²) in [7, 11) is 1.90. The molecule has 29 heavy (non-hydrogen) atoms. The fourth-order valence-corrected chi connectivity index (χ4v) is 3.96. The molecule has 0 spiro atoms. The molecule has 0 aliphatic heterocycles. The molecule has 6 heteroatoms. The minimum Gasteiger partial charge on any atom is -0.494 e. The molecule has 146 valence electrons. The Morgan fingerprint density at radius 2 is 1.66 bits per heavy atom. The van der Waals surface area contributed by atoms with Gasteiger partial charge in [0.2, 0.25) is 0 Å². The van der Waals surface area contributed by atoms with Crippen LogP contribution in [0.1, 0.15) is 17.3 Å². The number of para-hydroxylation sites is 1. The molecule has 0 unspecified atom stereocenters. The van der Waals surface area contributed by atoms with E-state index in [1.807, 2.05) is 67.1 Å². The third kappa shape index (κ3) is 4.22. The fraction of sp³-hybridized carbons (Fsp3) is 0.130. The molecule has 0 saturated heterocycles. The van der Waals surface area contributed by atoms with Gasteiger partial charge in [0.15, 0.2) is 4.80 Å². The number of carbonyl (C=O) groups is 1. The number of hydrogen-bond donors (Lipinski definition) is 0. The number of carbonyl (C=O) groups excluding carboxylic acids is 1. The topological polar surface area (TPSA) is 52.8 Å². The van der Waals surface area contributed by atoms with Crippen molar-refractivity contribution in [2.75, 3.05) is 6.61 Å². The molecule has 5 nitrogen and oxygen atoms in total. The van der Waals surface area contributed by atoms with Crippen molar-refractivity contribution in [1.29, 1.82) is 0 Å². The Morgan fingerprint density at radius 1 is 0.966 bits per heavy atom. The molecule has 0 fully saturated rings. The monoisotopic (exact) mass is 404 g/mol. The van der Waals surface area contributed by atoms with Crippen LogP contribution in [0, 0.1) is 0 Å². The van der Waals surface area contributed by atoms with Crippen molar-refractivity contribution < 1.29 is 14.3 Å². The summed E-state index contributed by atoms with van der Waals surface area (Å²) in [6.45, 7) is 2.57. The number of benzene rings is 3. The summed E-state index contributed by atoms with van der Waals surface area (Å²) in [5, 5.41) is 0. The van der Waals surface area contributed by atoms with Gasteiger partial charge in [-0.1, -0.05) is 29.5 Å². The molecule has 1 amide bonds. The van der Waals surface area contributed by atoms with E-state index in [2.05, 4.69) is 4.99 Å². The zero-order valence-corrected chi connectivity index (χ0v) is 17.0. The molecule has 4 rings (SSSR count). The van der Waals surface area contributed by atoms with E-state index in [1.165, 1.54) is 11.3 Å². The van der Waals surface area contributed by atoms with Crippen LogP contribution in [0.2, 0.25) is 0 Å². The standard InChI is InChI=1S/C23H20N2O3S/c1-3-27-19-13-14-20-21(15-19)29-23(25(20)2)24-22(26)16-9-11-18(12-10-16)28-17-7-5-4-6-8-17/h4-15H,3H2,1-2H3. The quantitative estimate of drug-likeness (QED) is 0.461. The Kier molecular flexibility index (Phi) is 5.44. The van der Waals surface area contributed by atoms with Crippen molar-refractivity contribution in [3.8, 4) is 17.2 Å². The summed E-state index contributed by atoms with van der Waals surface area (Å²) in [5.41, 5.74) is 1.52. The second-order valence-corrected chi connectivity index (χ2v) is 7.37. The van der Waals surface area contributed by atoms with Crippen molar-refractivity contribution in [3.63, 3.8) is 0 Å². The van der Waals surface area contributed by atoms with E-state index < -0.39 is 0 Å². The number of fused-ring (bicyclic) bond motifs is 1. The lowest BCUT2D eigenvalue weighted by molar-refractivity contribution is 0.0998. The molecule has 4 aromatic rings. The lowest BCUT2D eigenvalue weighted by Gasteiger charge is -2.05. The highest BCUT2D eigenvalue weighted by atomic mass is 32.1. The molecule has 0 aliphatic rings. The molecule has 0 N–H and O–H groups in total. The van der Waals surface area contributed by atoms with Gasteiger partial charge in [-0.05, 0) is 61.5 Å². The predicted octanol–water partition coefficient (Wildman–Crippen LogP) is 5.17. The second-order valence-electron chi connectivity index (χ2n) is 6.36. The summed E-state index contributed by atoms with van der Waals surface area (Å²) in [4.78, 5) is 17.6. The van der Waals surface area contributed by atoms with Crippen LogP contribution >= 0.6 is 11.3 Å². The molecule has 0 saturated carbocycles. The van der Waals surface area contributed by atoms with Crippen molar-refractivity contribution in [2.45, 2.75) is 6.92 Å². The summed E-state index contributed by atoms with van der Waals surface area (Å²) >= 11 is 1.46. The highest BCUT2D eigenvalue weighted by Gasteiger charge is 2.09. The van der Waals surface area contributed by atoms with E-state index in [4.69, 9.17) is 9.47 Å². The molecule has 0 atom stereocenters. The van der Waals surface area contributed by atoms with E-state index in [0.29, 0.717) is 22.7 Å². The van der Waals surface area contributed by atoms with Crippen LogP contribution in [0.4, 0.5) is 0 Å². The first-order chi connectivity index (χ1) is 14.1. The molecule has 1 aromatic heterocycles. The molecule has 0 bridgehead atoms. The maximum absolute atomic E-state index is 12.6. The number of rotatable bonds is 5. The average molecular weight is 404 g/mol. The van der Waals surface area contributed by atoms with Gasteiger partial charge < -0.3 is 14.0 Å². The summed E-state index contributed by atoms with van der Waals surface area (Å²) < 4.78 is 14.3. The highest BCUT2D eigenvalue weighted by molar-refractivity contribution is 7.16. The van der Waals surface area contributed by atoms with Crippen LogP contribution in [0.3, 0.4) is 0 Å². The summed E-state index contributed by atoms with van der Waals surface area (Å²) in [6.07, 6.45) is 0. The first-order valence-electron chi connectivity index (χ1n) is 9.28. The van der Waals surface area contributed by atoms with Crippen molar-refractivity contribution in [2.24, 2.45) is 12.0 Å². The van der Waals surface area contributed by atoms with Gasteiger partial charge in [-0.25, -0.2) is 0 Å². The van der Waals surface area contributed by atoms with E-state index in [9.17, 15) is 4.79 Å². The number of ether oxygens (including phenoxy) is 2. The second kappa shape index (κ2) is 8.32. The summed E-state index contributed by atoms with van der Waals surface area (Å²) in [6, 6.07) is 22.4. The molecule has 3 aromatic carbocycles. The van der Waals surface area contributed by atoms with E-state index >= 15 is 0 Å². The Bertz CT molecular complexity index is 1210. The first-order valence-corrected chi connectivity index (χ1v) is 10.1. The number of aryl methyl sites for hydroxylation is 1. The number of thiazole rings is 1. The molecular weight excluding hydrogens is 384 g/mol. The largest absolute Gasteiger partial charge is 0.494 e. The lowest BCUT2D eigenvalue weighted by Crippen LogP contribution is -2.13. The number of aromatic nitrogens is 1. The zero-order valence-electron chi connectivity index (χ0n) is 16.2. The summed E-state index contributed by atoms with van der Waals surface area (Å²) in [5.74, 6) is 1.95. The molecule has 0 radical (unpaired) electrons. The van der Waals surface area contributed by atoms with Crippen molar-refractivity contribution >= 4 is 27.5 Å². The number of hydrogen-bond acceptors (Lipinski definition) is 4. The van der Waals surface area contributed by atoms with Gasteiger partial charge in [0, 0.05) is 12.6 Å². The van der Waals surface area contributed by atoms with Gasteiger partial charge in [-0.15, -0.1) is 0 Å². The minimum absolute atomic E-state index is 0.288. The van der Waals surface area contributed by atoms with Crippen LogP contribution < -0.4 is 14.3 Å². The Morgan fingerprint density at radius 3 is 2.38 bits per heavy atom. The highest BCUT2D eigenvalue weighted by Crippen LogP contribution is 2.23. The van der Waals surface area contributed by atoms with Crippen LogP contribution in [0.15, 0.2) is 77.8 Å². The SMILES string of the molecule is CCOc1ccc2c(c1)sc(=NC(=O)c1ccc(Oc3ccccc3)cc1)n2C. The smallest absolute Gasteiger partial charge is 0.279 e. The Hall–Kier alpha value is -3.38. The van der Waals surface area contributed by atoms with Gasteiger partial charge in [0.1, 0.15) is 17.2 Å². The number of amides is 1. The minimum atomic E-state index is -0.288. The molecular formula is C23H20N2O3S.